The van der Waals surface area contributed by atoms with E-state index in [1.54, 1.807) is 51.7 Å². The van der Waals surface area contributed by atoms with Crippen molar-refractivity contribution in [2.45, 2.75) is 0 Å². The van der Waals surface area contributed by atoms with Gasteiger partial charge < -0.3 is 19.5 Å². The third kappa shape index (κ3) is 4.26. The summed E-state index contributed by atoms with van der Waals surface area (Å²) < 4.78 is 16.6. The molecule has 0 aliphatic carbocycles. The van der Waals surface area contributed by atoms with Gasteiger partial charge in [0, 0.05) is 11.6 Å². The summed E-state index contributed by atoms with van der Waals surface area (Å²) in [6.45, 7) is 0. The number of fused-ring (bicyclic) bond motifs is 1. The number of nitrogens with zero attached hydrogens (tertiary/aromatic N) is 1. The summed E-state index contributed by atoms with van der Waals surface area (Å²) in [6, 6.07) is 10.4. The van der Waals surface area contributed by atoms with E-state index in [1.807, 2.05) is 6.07 Å². The Balaban J connectivity index is 1.72. The minimum Gasteiger partial charge on any atom is -0.497 e. The number of benzene rings is 2. The second-order valence-electron chi connectivity index (χ2n) is 5.33. The van der Waals surface area contributed by atoms with Gasteiger partial charge in [0.2, 0.25) is 0 Å². The highest BCUT2D eigenvalue weighted by Crippen LogP contribution is 2.36. The highest BCUT2D eigenvalue weighted by atomic mass is 32.1. The average Bonchev–Trinajstić information content (AvgIpc) is 3.08. The van der Waals surface area contributed by atoms with Crippen molar-refractivity contribution < 1.29 is 19.0 Å². The monoisotopic (exact) mass is 403 g/mol. The van der Waals surface area contributed by atoms with E-state index in [2.05, 4.69) is 15.6 Å². The van der Waals surface area contributed by atoms with Crippen LogP contribution in [0.4, 0.5) is 5.13 Å². The average molecular weight is 403 g/mol. The van der Waals surface area contributed by atoms with Crippen LogP contribution in [-0.4, -0.2) is 37.3 Å². The van der Waals surface area contributed by atoms with Gasteiger partial charge in [-0.2, -0.15) is 0 Å². The molecule has 27 heavy (non-hydrogen) atoms. The van der Waals surface area contributed by atoms with Crippen LogP contribution in [0.3, 0.4) is 0 Å². The summed E-state index contributed by atoms with van der Waals surface area (Å²) in [5, 5.41) is 6.25. The molecule has 3 aromatic rings. The normalized spacial score (nSPS) is 10.3. The Morgan fingerprint density at radius 2 is 1.74 bits per heavy atom. The quantitative estimate of drug-likeness (QED) is 0.632. The van der Waals surface area contributed by atoms with Gasteiger partial charge in [-0.05, 0) is 42.5 Å². The van der Waals surface area contributed by atoms with Crippen molar-refractivity contribution in [3.8, 4) is 17.2 Å². The lowest BCUT2D eigenvalue weighted by Crippen LogP contribution is -2.34. The van der Waals surface area contributed by atoms with Crippen LogP contribution in [0.25, 0.3) is 10.2 Å². The maximum absolute atomic E-state index is 12.3. The van der Waals surface area contributed by atoms with E-state index in [4.69, 9.17) is 26.4 Å². The van der Waals surface area contributed by atoms with Gasteiger partial charge in [-0.1, -0.05) is 11.3 Å². The number of methoxy groups -OCH3 is 3. The number of ether oxygens (including phenoxy) is 3. The first-order valence-electron chi connectivity index (χ1n) is 7.83. The van der Waals surface area contributed by atoms with Crippen LogP contribution < -0.4 is 24.8 Å². The fourth-order valence-electron chi connectivity index (χ4n) is 2.35. The molecule has 1 amide bonds. The second-order valence-corrected chi connectivity index (χ2v) is 6.77. The van der Waals surface area contributed by atoms with Crippen LogP contribution >= 0.6 is 23.6 Å². The van der Waals surface area contributed by atoms with Crippen molar-refractivity contribution in [3.05, 3.63) is 42.0 Å². The van der Waals surface area contributed by atoms with Gasteiger partial charge in [-0.3, -0.25) is 10.1 Å². The molecule has 3 rings (SSSR count). The number of rotatable bonds is 5. The number of amides is 1. The lowest BCUT2D eigenvalue weighted by Gasteiger charge is -2.07. The molecule has 0 spiro atoms. The molecular formula is C18H17N3O4S2. The number of nitrogens with one attached hydrogen (secondary N) is 2. The molecule has 0 aliphatic heterocycles. The van der Waals surface area contributed by atoms with Crippen LogP contribution in [0.1, 0.15) is 10.4 Å². The summed E-state index contributed by atoms with van der Waals surface area (Å²) in [6.07, 6.45) is 0. The summed E-state index contributed by atoms with van der Waals surface area (Å²) >= 11 is 6.59. The predicted octanol–water partition coefficient (Wildman–Crippen LogP) is 3.45. The molecular weight excluding hydrogens is 386 g/mol. The van der Waals surface area contributed by atoms with Crippen molar-refractivity contribution in [2.75, 3.05) is 26.6 Å². The first-order chi connectivity index (χ1) is 13.0. The minimum atomic E-state index is -0.324. The zero-order valence-electron chi connectivity index (χ0n) is 14.9. The number of anilines is 1. The maximum Gasteiger partial charge on any atom is 0.257 e. The van der Waals surface area contributed by atoms with Crippen LogP contribution in [0.5, 0.6) is 17.2 Å². The minimum absolute atomic E-state index is 0.154. The molecule has 2 N–H and O–H groups in total. The third-order valence-electron chi connectivity index (χ3n) is 3.69. The zero-order chi connectivity index (χ0) is 19.4. The predicted molar refractivity (Wildman–Crippen MR) is 109 cm³/mol. The molecule has 9 heteroatoms. The van der Waals surface area contributed by atoms with Crippen molar-refractivity contribution in [1.29, 1.82) is 0 Å². The molecule has 2 aromatic carbocycles. The Labute approximate surface area is 165 Å². The van der Waals surface area contributed by atoms with Gasteiger partial charge >= 0.3 is 0 Å². The van der Waals surface area contributed by atoms with Gasteiger partial charge in [-0.15, -0.1) is 0 Å². The van der Waals surface area contributed by atoms with Gasteiger partial charge in [0.05, 0.1) is 26.0 Å². The summed E-state index contributed by atoms with van der Waals surface area (Å²) in [4.78, 5) is 16.7. The standard InChI is InChI=1S/C18H17N3O4S2/c1-23-11-6-4-10(5-7-11)16(22)20-17(26)21-18-19-15-13(25-3)8-12(24-2)9-14(15)27-18/h4-9H,1-3H3,(H2,19,20,21,22,26). The number of hydrogen-bond acceptors (Lipinski definition) is 7. The Bertz CT molecular complexity index is 986. The molecule has 7 nitrogen and oxygen atoms in total. The molecule has 1 heterocycles. The zero-order valence-corrected chi connectivity index (χ0v) is 16.5. The summed E-state index contributed by atoms with van der Waals surface area (Å²) in [5.74, 6) is 1.62. The maximum atomic E-state index is 12.3. The topological polar surface area (TPSA) is 81.7 Å². The van der Waals surface area contributed by atoms with E-state index in [1.165, 1.54) is 11.3 Å². The second kappa shape index (κ2) is 8.19. The molecule has 0 atom stereocenters. The van der Waals surface area contributed by atoms with Gasteiger partial charge in [0.15, 0.2) is 10.2 Å². The van der Waals surface area contributed by atoms with Crippen molar-refractivity contribution in [1.82, 2.24) is 10.3 Å². The third-order valence-corrected chi connectivity index (χ3v) is 4.81. The molecule has 0 saturated heterocycles. The Hall–Kier alpha value is -2.91. The van der Waals surface area contributed by atoms with Crippen molar-refractivity contribution >= 4 is 49.9 Å². The lowest BCUT2D eigenvalue weighted by atomic mass is 10.2. The number of thiocarbonyl (C=S) groups is 1. The first-order valence-corrected chi connectivity index (χ1v) is 9.05. The Morgan fingerprint density at radius 1 is 1.04 bits per heavy atom. The lowest BCUT2D eigenvalue weighted by molar-refractivity contribution is 0.0977. The number of carbonyl (C=O) groups excluding carboxylic acids is 1. The van der Waals surface area contributed by atoms with E-state index in [0.717, 1.165) is 4.70 Å². The number of thiazole rings is 1. The molecule has 1 aromatic heterocycles. The first kappa shape index (κ1) is 18.9. The summed E-state index contributed by atoms with van der Waals surface area (Å²) in [7, 11) is 4.72. The molecule has 0 saturated carbocycles. The Morgan fingerprint density at radius 3 is 2.37 bits per heavy atom. The van der Waals surface area contributed by atoms with Gasteiger partial charge in [-0.25, -0.2) is 4.98 Å². The highest BCUT2D eigenvalue weighted by Gasteiger charge is 2.14. The van der Waals surface area contributed by atoms with E-state index in [9.17, 15) is 4.79 Å². The molecule has 0 fully saturated rings. The molecule has 0 unspecified atom stereocenters. The largest absolute Gasteiger partial charge is 0.497 e. The van der Waals surface area contributed by atoms with Crippen LogP contribution in [0, 0.1) is 0 Å². The highest BCUT2D eigenvalue weighted by molar-refractivity contribution is 7.80. The summed E-state index contributed by atoms with van der Waals surface area (Å²) in [5.41, 5.74) is 1.16. The SMILES string of the molecule is COc1ccc(C(=O)NC(=S)Nc2nc3c(OC)cc(OC)cc3s2)cc1. The van der Waals surface area contributed by atoms with Gasteiger partial charge in [0.25, 0.3) is 5.91 Å². The molecule has 140 valence electrons. The smallest absolute Gasteiger partial charge is 0.257 e. The van der Waals surface area contributed by atoms with Crippen molar-refractivity contribution in [3.63, 3.8) is 0 Å². The van der Waals surface area contributed by atoms with E-state index < -0.39 is 0 Å². The molecule has 0 bridgehead atoms. The van der Waals surface area contributed by atoms with Crippen LogP contribution in [0.2, 0.25) is 0 Å². The fraction of sp³-hybridized carbons (Fsp3) is 0.167. The van der Waals surface area contributed by atoms with E-state index >= 15 is 0 Å². The van der Waals surface area contributed by atoms with E-state index in [0.29, 0.717) is 33.5 Å². The number of hydrogen-bond donors (Lipinski definition) is 2. The molecule has 0 aliphatic rings. The van der Waals surface area contributed by atoms with E-state index in [-0.39, 0.29) is 11.0 Å². The van der Waals surface area contributed by atoms with Gasteiger partial charge in [0.1, 0.15) is 22.8 Å². The van der Waals surface area contributed by atoms with Crippen LogP contribution in [-0.2, 0) is 0 Å². The number of carbonyl (C=O) groups is 1. The molecule has 0 radical (unpaired) electrons. The number of aromatic nitrogens is 1. The van der Waals surface area contributed by atoms with Crippen molar-refractivity contribution in [2.24, 2.45) is 0 Å². The fourth-order valence-corrected chi connectivity index (χ4v) is 3.52. The Kier molecular flexibility index (Phi) is 5.72. The van der Waals surface area contributed by atoms with Crippen LogP contribution in [0.15, 0.2) is 36.4 Å².